The molecular formula is C14H24N4O2S. The lowest BCUT2D eigenvalue weighted by molar-refractivity contribution is -0.123. The molecule has 1 aromatic heterocycles. The van der Waals surface area contributed by atoms with Gasteiger partial charge in [0, 0.05) is 23.6 Å². The number of carbonyl (C=O) groups excluding carboxylic acids is 1. The number of H-pyrrole nitrogens is 1. The summed E-state index contributed by atoms with van der Waals surface area (Å²) in [5, 5.41) is 3.68. The van der Waals surface area contributed by atoms with Gasteiger partial charge in [-0.3, -0.25) is 9.59 Å². The number of thioether (sulfide) groups is 1. The molecule has 0 saturated heterocycles. The smallest absolute Gasteiger partial charge is 0.251 e. The molecule has 0 aliphatic rings. The summed E-state index contributed by atoms with van der Waals surface area (Å²) in [7, 11) is 0. The summed E-state index contributed by atoms with van der Waals surface area (Å²) in [6.45, 7) is 7.70. The second-order valence-corrected chi connectivity index (χ2v) is 6.54. The van der Waals surface area contributed by atoms with E-state index in [0.29, 0.717) is 10.9 Å². The summed E-state index contributed by atoms with van der Waals surface area (Å²) < 4.78 is 0. The molecule has 118 valence electrons. The number of hydrogen-bond donors (Lipinski definition) is 3. The van der Waals surface area contributed by atoms with E-state index in [1.54, 1.807) is 6.92 Å². The highest BCUT2D eigenvalue weighted by atomic mass is 32.2. The van der Waals surface area contributed by atoms with Crippen LogP contribution in [-0.2, 0) is 11.2 Å². The minimum absolute atomic E-state index is 0.126. The van der Waals surface area contributed by atoms with Crippen LogP contribution in [0.25, 0.3) is 0 Å². The number of amides is 1. The first-order valence-electron chi connectivity index (χ1n) is 7.07. The minimum atomic E-state index is -0.849. The van der Waals surface area contributed by atoms with Crippen molar-refractivity contribution in [2.45, 2.75) is 57.3 Å². The first-order chi connectivity index (χ1) is 9.76. The van der Waals surface area contributed by atoms with E-state index in [4.69, 9.17) is 5.73 Å². The van der Waals surface area contributed by atoms with E-state index in [-0.39, 0.29) is 11.6 Å². The molecule has 0 spiro atoms. The van der Waals surface area contributed by atoms with Crippen LogP contribution >= 0.6 is 11.8 Å². The second kappa shape index (κ2) is 7.61. The number of carbonyl (C=O) groups is 1. The number of nitrogens with zero attached hydrogens (tertiary/aromatic N) is 1. The summed E-state index contributed by atoms with van der Waals surface area (Å²) >= 11 is 1.32. The maximum absolute atomic E-state index is 11.7. The largest absolute Gasteiger partial charge is 0.368 e. The Hall–Kier alpha value is -1.34. The topological polar surface area (TPSA) is 101 Å². The van der Waals surface area contributed by atoms with Crippen molar-refractivity contribution >= 4 is 17.7 Å². The molecule has 7 heteroatoms. The van der Waals surface area contributed by atoms with Crippen molar-refractivity contribution in [2.24, 2.45) is 5.73 Å². The average Bonchev–Trinajstić information content (AvgIpc) is 2.35. The highest BCUT2D eigenvalue weighted by Crippen LogP contribution is 2.19. The van der Waals surface area contributed by atoms with Gasteiger partial charge in [0.15, 0.2) is 5.16 Å². The maximum Gasteiger partial charge on any atom is 0.251 e. The van der Waals surface area contributed by atoms with E-state index in [2.05, 4.69) is 15.3 Å². The van der Waals surface area contributed by atoms with Crippen molar-refractivity contribution < 1.29 is 4.79 Å². The van der Waals surface area contributed by atoms with Crippen LogP contribution in [0.2, 0.25) is 0 Å². The van der Waals surface area contributed by atoms with Gasteiger partial charge in [0.05, 0.1) is 0 Å². The summed E-state index contributed by atoms with van der Waals surface area (Å²) in [5.74, 6) is -0.0188. The molecule has 0 aromatic carbocycles. The third-order valence-electron chi connectivity index (χ3n) is 2.93. The second-order valence-electron chi connectivity index (χ2n) is 5.58. The monoisotopic (exact) mass is 312 g/mol. The molecule has 0 aliphatic carbocycles. The Morgan fingerprint density at radius 3 is 2.76 bits per heavy atom. The molecule has 1 aromatic rings. The fourth-order valence-corrected chi connectivity index (χ4v) is 2.98. The summed E-state index contributed by atoms with van der Waals surface area (Å²) in [4.78, 5) is 30.4. The van der Waals surface area contributed by atoms with Crippen LogP contribution in [0.15, 0.2) is 16.0 Å². The number of primary amides is 1. The van der Waals surface area contributed by atoms with Crippen LogP contribution in [0.1, 0.15) is 39.8 Å². The third-order valence-corrected chi connectivity index (χ3v) is 4.12. The van der Waals surface area contributed by atoms with E-state index in [9.17, 15) is 9.59 Å². The Bertz CT molecular complexity index is 544. The number of aromatic amines is 1. The fourth-order valence-electron chi connectivity index (χ4n) is 1.97. The van der Waals surface area contributed by atoms with E-state index < -0.39 is 11.4 Å². The quantitative estimate of drug-likeness (QED) is 0.492. The van der Waals surface area contributed by atoms with Crippen LogP contribution in [0, 0.1) is 0 Å². The molecule has 0 radical (unpaired) electrons. The predicted molar refractivity (Wildman–Crippen MR) is 85.4 cm³/mol. The van der Waals surface area contributed by atoms with Crippen molar-refractivity contribution in [3.05, 3.63) is 22.1 Å². The SMILES string of the molecule is CCCc1cc(=O)[nH]c(SCC(C)(NC(C)C)C(N)=O)n1. The zero-order chi connectivity index (χ0) is 16.0. The first-order valence-corrected chi connectivity index (χ1v) is 8.06. The molecular weight excluding hydrogens is 288 g/mol. The van der Waals surface area contributed by atoms with Gasteiger partial charge in [-0.1, -0.05) is 25.1 Å². The van der Waals surface area contributed by atoms with Crippen molar-refractivity contribution in [3.8, 4) is 0 Å². The number of aromatic nitrogens is 2. The Balaban J connectivity index is 2.85. The number of hydrogen-bond acceptors (Lipinski definition) is 5. The third kappa shape index (κ3) is 5.51. The van der Waals surface area contributed by atoms with Crippen molar-refractivity contribution in [3.63, 3.8) is 0 Å². The van der Waals surface area contributed by atoms with Crippen LogP contribution in [-0.4, -0.2) is 33.2 Å². The predicted octanol–water partition coefficient (Wildman–Crippen LogP) is 1.06. The highest BCUT2D eigenvalue weighted by molar-refractivity contribution is 7.99. The van der Waals surface area contributed by atoms with E-state index in [1.807, 2.05) is 20.8 Å². The fraction of sp³-hybridized carbons (Fsp3) is 0.643. The first kappa shape index (κ1) is 17.7. The standard InChI is InChI=1S/C14H24N4O2S/c1-5-6-10-7-11(19)17-13(16-10)21-8-14(4,12(15)20)18-9(2)3/h7,9,18H,5-6,8H2,1-4H3,(H2,15,20)(H,16,17,19). The maximum atomic E-state index is 11.7. The number of nitrogens with two attached hydrogens (primary N) is 1. The zero-order valence-electron chi connectivity index (χ0n) is 13.0. The van der Waals surface area contributed by atoms with E-state index in [1.165, 1.54) is 17.8 Å². The molecule has 1 atom stereocenters. The van der Waals surface area contributed by atoms with Crippen molar-refractivity contribution in [1.29, 1.82) is 0 Å². The molecule has 0 saturated carbocycles. The summed E-state index contributed by atoms with van der Waals surface area (Å²) in [5.41, 5.74) is 5.23. The van der Waals surface area contributed by atoms with E-state index >= 15 is 0 Å². The normalized spacial score (nSPS) is 14.1. The van der Waals surface area contributed by atoms with Gasteiger partial charge in [-0.2, -0.15) is 0 Å². The number of nitrogens with one attached hydrogen (secondary N) is 2. The summed E-state index contributed by atoms with van der Waals surface area (Å²) in [6, 6.07) is 1.63. The highest BCUT2D eigenvalue weighted by Gasteiger charge is 2.31. The molecule has 1 rings (SSSR count). The van der Waals surface area contributed by atoms with E-state index in [0.717, 1.165) is 18.5 Å². The van der Waals surface area contributed by atoms with Gasteiger partial charge in [0.2, 0.25) is 5.91 Å². The van der Waals surface area contributed by atoms with Crippen LogP contribution < -0.4 is 16.6 Å². The average molecular weight is 312 g/mol. The van der Waals surface area contributed by atoms with Gasteiger partial charge >= 0.3 is 0 Å². The lowest BCUT2D eigenvalue weighted by Crippen LogP contribution is -2.57. The molecule has 4 N–H and O–H groups in total. The van der Waals surface area contributed by atoms with Crippen molar-refractivity contribution in [1.82, 2.24) is 15.3 Å². The zero-order valence-corrected chi connectivity index (χ0v) is 13.8. The van der Waals surface area contributed by atoms with Gasteiger partial charge in [-0.05, 0) is 27.2 Å². The molecule has 0 fully saturated rings. The van der Waals surface area contributed by atoms with Crippen LogP contribution in [0.3, 0.4) is 0 Å². The van der Waals surface area contributed by atoms with Crippen molar-refractivity contribution in [2.75, 3.05) is 5.75 Å². The molecule has 1 amide bonds. The molecule has 21 heavy (non-hydrogen) atoms. The Morgan fingerprint density at radius 1 is 1.57 bits per heavy atom. The lowest BCUT2D eigenvalue weighted by atomic mass is 10.0. The molecule has 1 heterocycles. The summed E-state index contributed by atoms with van der Waals surface area (Å²) in [6.07, 6.45) is 1.68. The van der Waals surface area contributed by atoms with Gasteiger partial charge in [0.25, 0.3) is 5.56 Å². The molecule has 0 aliphatic heterocycles. The van der Waals surface area contributed by atoms with Crippen LogP contribution in [0.5, 0.6) is 0 Å². The van der Waals surface area contributed by atoms with Gasteiger partial charge < -0.3 is 16.0 Å². The Labute approximate surface area is 129 Å². The van der Waals surface area contributed by atoms with Gasteiger partial charge in [-0.15, -0.1) is 0 Å². The lowest BCUT2D eigenvalue weighted by Gasteiger charge is -2.29. The van der Waals surface area contributed by atoms with Crippen LogP contribution in [0.4, 0.5) is 0 Å². The van der Waals surface area contributed by atoms with Gasteiger partial charge in [0.1, 0.15) is 5.54 Å². The number of aryl methyl sites for hydroxylation is 1. The Morgan fingerprint density at radius 2 is 2.24 bits per heavy atom. The molecule has 1 unspecified atom stereocenters. The molecule has 0 bridgehead atoms. The van der Waals surface area contributed by atoms with Gasteiger partial charge in [-0.25, -0.2) is 4.98 Å². The Kier molecular flexibility index (Phi) is 6.42. The minimum Gasteiger partial charge on any atom is -0.368 e. The molecule has 6 nitrogen and oxygen atoms in total. The number of rotatable bonds is 8.